The molecule has 0 radical (unpaired) electrons. The Morgan fingerprint density at radius 1 is 1.06 bits per heavy atom. The van der Waals surface area contributed by atoms with Crippen LogP contribution in [0.4, 0.5) is 0 Å². The second-order valence-electron chi connectivity index (χ2n) is 7.08. The quantitative estimate of drug-likeness (QED) is 0.283. The first-order valence-electron chi connectivity index (χ1n) is 10.1. The molecular weight excluding hydrogens is 440 g/mol. The highest BCUT2D eigenvalue weighted by molar-refractivity contribution is 6.30. The van der Waals surface area contributed by atoms with Crippen molar-refractivity contribution >= 4 is 23.7 Å². The van der Waals surface area contributed by atoms with Crippen molar-refractivity contribution in [2.24, 2.45) is 5.10 Å². The van der Waals surface area contributed by atoms with Gasteiger partial charge in [0, 0.05) is 10.6 Å². The number of amides is 1. The normalized spacial score (nSPS) is 10.8. The van der Waals surface area contributed by atoms with Gasteiger partial charge in [-0.25, -0.2) is 5.43 Å². The van der Waals surface area contributed by atoms with Crippen LogP contribution in [0.25, 0.3) is 11.3 Å². The number of hydrogen-bond acceptors (Lipinski definition) is 5. The zero-order valence-electron chi connectivity index (χ0n) is 17.8. The molecule has 0 bridgehead atoms. The largest absolute Gasteiger partial charge is 0.497 e. The fourth-order valence-corrected chi connectivity index (χ4v) is 3.13. The third kappa shape index (κ3) is 5.99. The fourth-order valence-electron chi connectivity index (χ4n) is 3.00. The Bertz CT molecular complexity index is 1250. The highest BCUT2D eigenvalue weighted by Gasteiger charge is 2.10. The van der Waals surface area contributed by atoms with Crippen molar-refractivity contribution < 1.29 is 14.3 Å². The molecule has 0 aliphatic rings. The summed E-state index contributed by atoms with van der Waals surface area (Å²) in [4.78, 5) is 12.3. The van der Waals surface area contributed by atoms with Crippen molar-refractivity contribution in [3.63, 3.8) is 0 Å². The Hall–Kier alpha value is -4.10. The van der Waals surface area contributed by atoms with Gasteiger partial charge in [0.15, 0.2) is 0 Å². The molecule has 3 aromatic carbocycles. The van der Waals surface area contributed by atoms with Crippen LogP contribution in [0.1, 0.15) is 21.6 Å². The molecule has 33 heavy (non-hydrogen) atoms. The summed E-state index contributed by atoms with van der Waals surface area (Å²) < 4.78 is 11.0. The van der Waals surface area contributed by atoms with Gasteiger partial charge in [-0.05, 0) is 65.7 Å². The van der Waals surface area contributed by atoms with Crippen LogP contribution in [-0.4, -0.2) is 29.4 Å². The van der Waals surface area contributed by atoms with Crippen LogP contribution in [0.2, 0.25) is 5.02 Å². The van der Waals surface area contributed by atoms with E-state index >= 15 is 0 Å². The lowest BCUT2D eigenvalue weighted by molar-refractivity contribution is 0.0950. The minimum Gasteiger partial charge on any atom is -0.497 e. The van der Waals surface area contributed by atoms with Crippen LogP contribution < -0.4 is 14.9 Å². The number of hydrazone groups is 1. The topological polar surface area (TPSA) is 88.6 Å². The average molecular weight is 461 g/mol. The lowest BCUT2D eigenvalue weighted by atomic mass is 10.1. The van der Waals surface area contributed by atoms with E-state index in [0.717, 1.165) is 22.4 Å². The fraction of sp³-hybridized carbons (Fsp3) is 0.0800. The molecule has 1 aromatic heterocycles. The number of carbonyl (C=O) groups excluding carboxylic acids is 1. The maximum absolute atomic E-state index is 12.3. The molecule has 8 heteroatoms. The Labute approximate surface area is 196 Å². The standard InChI is InChI=1S/C25H21ClN4O3/c1-32-22-4-2-3-18(13-22)15-27-30-25(31)24-14-23(28-29-24)19-7-11-21(12-8-19)33-16-17-5-9-20(26)10-6-17/h2-15H,16H2,1H3,(H,28,29)(H,30,31)/b27-15-. The first-order chi connectivity index (χ1) is 16.1. The molecule has 0 unspecified atom stereocenters. The average Bonchev–Trinajstić information content (AvgIpc) is 3.35. The smallest absolute Gasteiger partial charge is 0.289 e. The van der Waals surface area contributed by atoms with E-state index in [2.05, 4.69) is 20.7 Å². The summed E-state index contributed by atoms with van der Waals surface area (Å²) in [6, 6.07) is 24.0. The maximum atomic E-state index is 12.3. The van der Waals surface area contributed by atoms with Crippen molar-refractivity contribution in [1.82, 2.24) is 15.6 Å². The van der Waals surface area contributed by atoms with Gasteiger partial charge in [-0.15, -0.1) is 0 Å². The van der Waals surface area contributed by atoms with Gasteiger partial charge in [0.05, 0.1) is 19.0 Å². The molecule has 0 saturated carbocycles. The summed E-state index contributed by atoms with van der Waals surface area (Å²) in [7, 11) is 1.59. The van der Waals surface area contributed by atoms with Crippen LogP contribution in [-0.2, 0) is 6.61 Å². The summed E-state index contributed by atoms with van der Waals surface area (Å²) in [6.45, 7) is 0.444. The molecule has 2 N–H and O–H groups in total. The predicted molar refractivity (Wildman–Crippen MR) is 128 cm³/mol. The Morgan fingerprint density at radius 3 is 2.61 bits per heavy atom. The lowest BCUT2D eigenvalue weighted by Gasteiger charge is -2.07. The van der Waals surface area contributed by atoms with Crippen molar-refractivity contribution in [3.05, 3.63) is 101 Å². The van der Waals surface area contributed by atoms with Crippen LogP contribution in [0, 0.1) is 0 Å². The summed E-state index contributed by atoms with van der Waals surface area (Å²) in [5.41, 5.74) is 6.11. The van der Waals surface area contributed by atoms with E-state index in [4.69, 9.17) is 21.1 Å². The first-order valence-corrected chi connectivity index (χ1v) is 10.5. The summed E-state index contributed by atoms with van der Waals surface area (Å²) in [6.07, 6.45) is 1.54. The van der Waals surface area contributed by atoms with E-state index < -0.39 is 5.91 Å². The zero-order valence-corrected chi connectivity index (χ0v) is 18.5. The van der Waals surface area contributed by atoms with Crippen molar-refractivity contribution in [2.45, 2.75) is 6.61 Å². The van der Waals surface area contributed by atoms with E-state index in [1.165, 1.54) is 0 Å². The van der Waals surface area contributed by atoms with Gasteiger partial charge < -0.3 is 9.47 Å². The number of nitrogens with one attached hydrogen (secondary N) is 2. The summed E-state index contributed by atoms with van der Waals surface area (Å²) in [5.74, 6) is 1.05. The zero-order chi connectivity index (χ0) is 23.0. The number of H-pyrrole nitrogens is 1. The maximum Gasteiger partial charge on any atom is 0.289 e. The van der Waals surface area contributed by atoms with Crippen molar-refractivity contribution in [1.29, 1.82) is 0 Å². The molecule has 0 atom stereocenters. The molecule has 0 spiro atoms. The molecule has 7 nitrogen and oxygen atoms in total. The molecule has 166 valence electrons. The Morgan fingerprint density at radius 2 is 1.85 bits per heavy atom. The van der Waals surface area contributed by atoms with E-state index in [1.807, 2.05) is 72.8 Å². The van der Waals surface area contributed by atoms with Crippen LogP contribution in [0.15, 0.2) is 84.0 Å². The van der Waals surface area contributed by atoms with E-state index in [-0.39, 0.29) is 0 Å². The minimum atomic E-state index is -0.393. The van der Waals surface area contributed by atoms with Gasteiger partial charge in [0.25, 0.3) is 5.91 Å². The second-order valence-corrected chi connectivity index (χ2v) is 7.52. The molecule has 4 aromatic rings. The van der Waals surface area contributed by atoms with Gasteiger partial charge in [-0.1, -0.05) is 35.9 Å². The number of aromatic amines is 1. The number of hydrogen-bond donors (Lipinski definition) is 2. The van der Waals surface area contributed by atoms with Crippen molar-refractivity contribution in [3.8, 4) is 22.8 Å². The third-order valence-corrected chi connectivity index (χ3v) is 5.02. The summed E-state index contributed by atoms with van der Waals surface area (Å²) in [5, 5.41) is 11.6. The van der Waals surface area contributed by atoms with Crippen LogP contribution in [0.5, 0.6) is 11.5 Å². The van der Waals surface area contributed by atoms with Gasteiger partial charge in [-0.2, -0.15) is 10.2 Å². The highest BCUT2D eigenvalue weighted by Crippen LogP contribution is 2.22. The van der Waals surface area contributed by atoms with E-state index in [1.54, 1.807) is 19.4 Å². The van der Waals surface area contributed by atoms with E-state index in [0.29, 0.717) is 28.8 Å². The Kier molecular flexibility index (Phi) is 7.02. The van der Waals surface area contributed by atoms with Gasteiger partial charge in [-0.3, -0.25) is 9.89 Å². The monoisotopic (exact) mass is 460 g/mol. The first kappa shape index (κ1) is 22.1. The molecule has 0 fully saturated rings. The minimum absolute atomic E-state index is 0.302. The molecule has 1 heterocycles. The number of benzene rings is 3. The number of aromatic nitrogens is 2. The number of carbonyl (C=O) groups is 1. The van der Waals surface area contributed by atoms with E-state index in [9.17, 15) is 4.79 Å². The van der Waals surface area contributed by atoms with Crippen LogP contribution >= 0.6 is 11.6 Å². The lowest BCUT2D eigenvalue weighted by Crippen LogP contribution is -2.18. The van der Waals surface area contributed by atoms with Crippen LogP contribution in [0.3, 0.4) is 0 Å². The number of nitrogens with zero attached hydrogens (tertiary/aromatic N) is 2. The molecular formula is C25H21ClN4O3. The van der Waals surface area contributed by atoms with Gasteiger partial charge >= 0.3 is 0 Å². The summed E-state index contributed by atoms with van der Waals surface area (Å²) >= 11 is 5.90. The molecule has 0 aliphatic heterocycles. The molecule has 4 rings (SSSR count). The predicted octanol–water partition coefficient (Wildman–Crippen LogP) is 5.08. The SMILES string of the molecule is COc1cccc(/C=N\NC(=O)c2cc(-c3ccc(OCc4ccc(Cl)cc4)cc3)n[nH]2)c1. The van der Waals surface area contributed by atoms with Crippen molar-refractivity contribution in [2.75, 3.05) is 7.11 Å². The third-order valence-electron chi connectivity index (χ3n) is 4.76. The van der Waals surface area contributed by atoms with Gasteiger partial charge in [0.2, 0.25) is 0 Å². The molecule has 1 amide bonds. The molecule has 0 saturated heterocycles. The number of ether oxygens (including phenoxy) is 2. The Balaban J connectivity index is 1.33. The number of halogens is 1. The highest BCUT2D eigenvalue weighted by atomic mass is 35.5. The molecule has 0 aliphatic carbocycles. The second kappa shape index (κ2) is 10.5. The number of rotatable bonds is 8. The van der Waals surface area contributed by atoms with Gasteiger partial charge in [0.1, 0.15) is 23.8 Å². The number of methoxy groups -OCH3 is 1.